The first-order valence-electron chi connectivity index (χ1n) is 6.43. The van der Waals surface area contributed by atoms with Gasteiger partial charge in [-0.25, -0.2) is 8.42 Å². The Bertz CT molecular complexity index is 451. The highest BCUT2D eigenvalue weighted by molar-refractivity contribution is 7.91. The van der Waals surface area contributed by atoms with Crippen molar-refractivity contribution in [2.75, 3.05) is 18.1 Å². The summed E-state index contributed by atoms with van der Waals surface area (Å²) in [4.78, 5) is 0. The van der Waals surface area contributed by atoms with Gasteiger partial charge in [0.2, 0.25) is 0 Å². The van der Waals surface area contributed by atoms with Gasteiger partial charge >= 0.3 is 0 Å². The van der Waals surface area contributed by atoms with Crippen molar-refractivity contribution in [1.82, 2.24) is 0 Å². The first-order chi connectivity index (χ1) is 8.46. The molecule has 2 N–H and O–H groups in total. The van der Waals surface area contributed by atoms with Gasteiger partial charge in [-0.3, -0.25) is 0 Å². The number of sulfone groups is 1. The number of rotatable bonds is 7. The number of aryl methyl sites for hydroxylation is 1. The molecule has 0 saturated carbocycles. The number of hydrogen-bond donors (Lipinski definition) is 1. The highest BCUT2D eigenvalue weighted by atomic mass is 32.2. The van der Waals surface area contributed by atoms with E-state index in [2.05, 4.69) is 31.2 Å². The van der Waals surface area contributed by atoms with Crippen molar-refractivity contribution in [1.29, 1.82) is 0 Å². The quantitative estimate of drug-likeness (QED) is 0.823. The van der Waals surface area contributed by atoms with Gasteiger partial charge in [0.25, 0.3) is 0 Å². The molecule has 1 atom stereocenters. The van der Waals surface area contributed by atoms with Crippen LogP contribution in [0.5, 0.6) is 0 Å². The Morgan fingerprint density at radius 3 is 2.33 bits per heavy atom. The summed E-state index contributed by atoms with van der Waals surface area (Å²) >= 11 is 0. The van der Waals surface area contributed by atoms with E-state index in [4.69, 9.17) is 5.73 Å². The molecule has 0 aliphatic rings. The van der Waals surface area contributed by atoms with Crippen molar-refractivity contribution in [3.05, 3.63) is 35.4 Å². The molecule has 1 aromatic rings. The predicted molar refractivity (Wildman–Crippen MR) is 76.4 cm³/mol. The predicted octanol–water partition coefficient (Wildman–Crippen LogP) is 1.94. The maximum Gasteiger partial charge on any atom is 0.150 e. The van der Waals surface area contributed by atoms with E-state index in [-0.39, 0.29) is 17.4 Å². The maximum atomic E-state index is 11.5. The van der Waals surface area contributed by atoms with Crippen molar-refractivity contribution in [2.24, 2.45) is 11.7 Å². The lowest BCUT2D eigenvalue weighted by Gasteiger charge is -2.14. The summed E-state index contributed by atoms with van der Waals surface area (Å²) in [6.07, 6.45) is 1.51. The van der Waals surface area contributed by atoms with Crippen molar-refractivity contribution in [2.45, 2.75) is 26.7 Å². The van der Waals surface area contributed by atoms with Gasteiger partial charge in [0, 0.05) is 5.75 Å². The van der Waals surface area contributed by atoms with Crippen LogP contribution in [-0.2, 0) is 16.3 Å². The van der Waals surface area contributed by atoms with Crippen LogP contribution >= 0.6 is 0 Å². The molecule has 18 heavy (non-hydrogen) atoms. The molecular weight excluding hydrogens is 246 g/mol. The molecule has 102 valence electrons. The summed E-state index contributed by atoms with van der Waals surface area (Å²) in [5, 5.41) is 0. The molecule has 0 amide bonds. The molecule has 0 fully saturated rings. The van der Waals surface area contributed by atoms with Crippen LogP contribution in [0.3, 0.4) is 0 Å². The molecule has 4 heteroatoms. The monoisotopic (exact) mass is 269 g/mol. The zero-order valence-corrected chi connectivity index (χ0v) is 12.0. The smallest absolute Gasteiger partial charge is 0.150 e. The van der Waals surface area contributed by atoms with Crippen LogP contribution in [0.2, 0.25) is 0 Å². The molecule has 0 spiro atoms. The molecule has 3 nitrogen and oxygen atoms in total. The SMILES string of the molecule is CCS(=O)(=O)CCC(CN)Cc1ccc(C)cc1. The summed E-state index contributed by atoms with van der Waals surface area (Å²) in [6, 6.07) is 8.33. The van der Waals surface area contributed by atoms with Crippen molar-refractivity contribution < 1.29 is 8.42 Å². The molecule has 0 saturated heterocycles. The second-order valence-electron chi connectivity index (χ2n) is 4.82. The second kappa shape index (κ2) is 6.90. The molecule has 1 unspecified atom stereocenters. The van der Waals surface area contributed by atoms with Gasteiger partial charge in [-0.2, -0.15) is 0 Å². The molecule has 0 bridgehead atoms. The molecule has 1 rings (SSSR count). The van der Waals surface area contributed by atoms with Crippen LogP contribution in [0, 0.1) is 12.8 Å². The summed E-state index contributed by atoms with van der Waals surface area (Å²) in [6.45, 7) is 4.28. The standard InChI is InChI=1S/C14H23NO2S/c1-3-18(16,17)9-8-14(11-15)10-13-6-4-12(2)5-7-13/h4-7,14H,3,8-11,15H2,1-2H3. The first-order valence-corrected chi connectivity index (χ1v) is 8.25. The lowest BCUT2D eigenvalue weighted by molar-refractivity contribution is 0.511. The van der Waals surface area contributed by atoms with Crippen LogP contribution in [0.15, 0.2) is 24.3 Å². The van der Waals surface area contributed by atoms with Crippen molar-refractivity contribution >= 4 is 9.84 Å². The topological polar surface area (TPSA) is 60.2 Å². The molecule has 0 heterocycles. The highest BCUT2D eigenvalue weighted by Gasteiger charge is 2.13. The van der Waals surface area contributed by atoms with Gasteiger partial charge in [0.1, 0.15) is 9.84 Å². The Balaban J connectivity index is 2.54. The first kappa shape index (κ1) is 15.2. The minimum Gasteiger partial charge on any atom is -0.330 e. The lowest BCUT2D eigenvalue weighted by Crippen LogP contribution is -2.21. The molecule has 0 aliphatic carbocycles. The average molecular weight is 269 g/mol. The lowest BCUT2D eigenvalue weighted by atomic mass is 9.96. The van der Waals surface area contributed by atoms with E-state index in [0.717, 1.165) is 6.42 Å². The number of nitrogens with two attached hydrogens (primary N) is 1. The average Bonchev–Trinajstić information content (AvgIpc) is 2.37. The second-order valence-corrected chi connectivity index (χ2v) is 7.29. The Hall–Kier alpha value is -0.870. The maximum absolute atomic E-state index is 11.5. The van der Waals surface area contributed by atoms with Crippen LogP contribution in [-0.4, -0.2) is 26.5 Å². The van der Waals surface area contributed by atoms with E-state index in [1.54, 1.807) is 6.92 Å². The fourth-order valence-corrected chi connectivity index (χ4v) is 2.83. The van der Waals surface area contributed by atoms with E-state index in [9.17, 15) is 8.42 Å². The minimum atomic E-state index is -2.88. The Kier molecular flexibility index (Phi) is 5.82. The fraction of sp³-hybridized carbons (Fsp3) is 0.571. The third-order valence-corrected chi connectivity index (χ3v) is 4.99. The zero-order chi connectivity index (χ0) is 13.6. The molecular formula is C14H23NO2S. The largest absolute Gasteiger partial charge is 0.330 e. The van der Waals surface area contributed by atoms with E-state index in [1.165, 1.54) is 11.1 Å². The summed E-state index contributed by atoms with van der Waals surface area (Å²) in [7, 11) is -2.88. The van der Waals surface area contributed by atoms with E-state index >= 15 is 0 Å². The molecule has 1 aromatic carbocycles. The molecule has 0 aliphatic heterocycles. The third kappa shape index (κ3) is 5.19. The normalized spacial score (nSPS) is 13.5. The van der Waals surface area contributed by atoms with Crippen molar-refractivity contribution in [3.8, 4) is 0 Å². The fourth-order valence-electron chi connectivity index (χ4n) is 1.85. The Morgan fingerprint density at radius 1 is 1.22 bits per heavy atom. The van der Waals surface area contributed by atoms with Gasteiger partial charge < -0.3 is 5.73 Å². The Morgan fingerprint density at radius 2 is 1.83 bits per heavy atom. The summed E-state index contributed by atoms with van der Waals surface area (Å²) < 4.78 is 23.0. The van der Waals surface area contributed by atoms with Crippen LogP contribution in [0.25, 0.3) is 0 Å². The van der Waals surface area contributed by atoms with Crippen LogP contribution < -0.4 is 5.73 Å². The van der Waals surface area contributed by atoms with Gasteiger partial charge in [0.05, 0.1) is 5.75 Å². The van der Waals surface area contributed by atoms with E-state index in [0.29, 0.717) is 13.0 Å². The van der Waals surface area contributed by atoms with Crippen LogP contribution in [0.1, 0.15) is 24.5 Å². The number of hydrogen-bond acceptors (Lipinski definition) is 3. The number of benzene rings is 1. The van der Waals surface area contributed by atoms with Gasteiger partial charge in [-0.1, -0.05) is 36.8 Å². The Labute approximate surface area is 110 Å². The highest BCUT2D eigenvalue weighted by Crippen LogP contribution is 2.13. The summed E-state index contributed by atoms with van der Waals surface area (Å²) in [5.41, 5.74) is 8.19. The zero-order valence-electron chi connectivity index (χ0n) is 11.2. The van der Waals surface area contributed by atoms with Gasteiger partial charge in [-0.15, -0.1) is 0 Å². The third-order valence-electron chi connectivity index (χ3n) is 3.26. The van der Waals surface area contributed by atoms with E-state index < -0.39 is 9.84 Å². The molecule has 0 aromatic heterocycles. The minimum absolute atomic E-state index is 0.217. The van der Waals surface area contributed by atoms with Crippen molar-refractivity contribution in [3.63, 3.8) is 0 Å². The van der Waals surface area contributed by atoms with Gasteiger partial charge in [0.15, 0.2) is 0 Å². The molecule has 0 radical (unpaired) electrons. The van der Waals surface area contributed by atoms with Crippen LogP contribution in [0.4, 0.5) is 0 Å². The van der Waals surface area contributed by atoms with E-state index in [1.807, 2.05) is 0 Å². The van der Waals surface area contributed by atoms with Gasteiger partial charge in [-0.05, 0) is 37.8 Å². The summed E-state index contributed by atoms with van der Waals surface area (Å²) in [5.74, 6) is 0.709.